The highest BCUT2D eigenvalue weighted by Crippen LogP contribution is 2.42. The van der Waals surface area contributed by atoms with E-state index in [2.05, 4.69) is 26.6 Å². The summed E-state index contributed by atoms with van der Waals surface area (Å²) in [5.74, 6) is -1.70. The number of aromatic hydroxyl groups is 1. The molecule has 24 nitrogen and oxygen atoms in total. The van der Waals surface area contributed by atoms with Crippen molar-refractivity contribution in [3.8, 4) is 28.2 Å². The molecule has 27 heteroatoms. The molecule has 424 valence electrons. The Hall–Kier alpha value is -7.60. The highest BCUT2D eigenvalue weighted by molar-refractivity contribution is 7.89. The van der Waals surface area contributed by atoms with Gasteiger partial charge in [0.05, 0.1) is 68.2 Å². The van der Waals surface area contributed by atoms with Crippen LogP contribution in [0.3, 0.4) is 0 Å². The van der Waals surface area contributed by atoms with E-state index in [1.54, 1.807) is 45.0 Å². The molecule has 0 atom stereocenters. The molecule has 11 N–H and O–H groups in total. The first-order valence-corrected chi connectivity index (χ1v) is 27.6. The summed E-state index contributed by atoms with van der Waals surface area (Å²) in [7, 11) is -7.62. The number of carbonyl (C=O) groups is 4. The number of hydrogen-bond acceptors (Lipinski definition) is 17. The van der Waals surface area contributed by atoms with E-state index < -0.39 is 37.7 Å². The Labute approximate surface area is 460 Å². The van der Waals surface area contributed by atoms with Crippen LogP contribution >= 0.6 is 12.2 Å². The van der Waals surface area contributed by atoms with Crippen LogP contribution in [0.1, 0.15) is 51.8 Å². The monoisotopic (exact) mass is 1150 g/mol. The summed E-state index contributed by atoms with van der Waals surface area (Å²) in [6, 6.07) is 24.1. The fraction of sp³-hybridized carbons (Fsp3) is 0.308. The zero-order chi connectivity index (χ0) is 57.8. The number of phenols is 1. The Morgan fingerprint density at radius 2 is 1.09 bits per heavy atom. The minimum absolute atomic E-state index is 0.0208. The first-order valence-electron chi connectivity index (χ1n) is 24.1. The number of sulfonamides is 2. The zero-order valence-electron chi connectivity index (χ0n) is 43.2. The van der Waals surface area contributed by atoms with Crippen molar-refractivity contribution in [1.29, 1.82) is 0 Å². The van der Waals surface area contributed by atoms with Gasteiger partial charge in [0, 0.05) is 71.6 Å². The lowest BCUT2D eigenvalue weighted by Gasteiger charge is -2.19. The lowest BCUT2D eigenvalue weighted by molar-refractivity contribution is 0.0400. The molecule has 1 aliphatic carbocycles. The van der Waals surface area contributed by atoms with Crippen molar-refractivity contribution in [3.63, 3.8) is 0 Å². The van der Waals surface area contributed by atoms with Crippen LogP contribution in [0.15, 0.2) is 122 Å². The van der Waals surface area contributed by atoms with E-state index in [-0.39, 0.29) is 86.7 Å². The van der Waals surface area contributed by atoms with Gasteiger partial charge in [0.25, 0.3) is 11.8 Å². The van der Waals surface area contributed by atoms with Crippen molar-refractivity contribution in [2.45, 2.75) is 36.2 Å². The second-order valence-electron chi connectivity index (χ2n) is 17.8. The predicted octanol–water partition coefficient (Wildman–Crippen LogP) is 3.99. The van der Waals surface area contributed by atoms with Gasteiger partial charge in [-0.3, -0.25) is 14.4 Å². The fourth-order valence-electron chi connectivity index (χ4n) is 7.03. The van der Waals surface area contributed by atoms with E-state index >= 15 is 0 Å². The first kappa shape index (κ1) is 62.2. The van der Waals surface area contributed by atoms with E-state index in [1.165, 1.54) is 78.9 Å². The fourth-order valence-corrected chi connectivity index (χ4v) is 8.28. The Kier molecular flexibility index (Phi) is 23.2. The minimum atomic E-state index is -3.83. The van der Waals surface area contributed by atoms with Crippen LogP contribution in [0.2, 0.25) is 0 Å². The molecule has 79 heavy (non-hydrogen) atoms. The van der Waals surface area contributed by atoms with E-state index in [9.17, 15) is 51.0 Å². The van der Waals surface area contributed by atoms with Gasteiger partial charge in [0.1, 0.15) is 22.7 Å². The van der Waals surface area contributed by atoms with E-state index in [4.69, 9.17) is 50.6 Å². The van der Waals surface area contributed by atoms with Crippen molar-refractivity contribution in [2.75, 3.05) is 84.4 Å². The van der Waals surface area contributed by atoms with Gasteiger partial charge in [-0.2, -0.15) is 0 Å². The summed E-state index contributed by atoms with van der Waals surface area (Å²) in [4.78, 5) is 59.9. The third-order valence-corrected chi connectivity index (χ3v) is 12.7. The molecular formula is C52H61N7O17S3. The summed E-state index contributed by atoms with van der Waals surface area (Å²) in [6.07, 6.45) is -0.493. The van der Waals surface area contributed by atoms with Crippen LogP contribution in [0.5, 0.6) is 5.75 Å². The lowest BCUT2D eigenvalue weighted by atomic mass is 9.90. The average molecular weight is 1150 g/mol. The molecule has 2 aliphatic rings. The van der Waals surface area contributed by atoms with E-state index in [1.807, 2.05) is 0 Å². The Balaban J connectivity index is 0.000000338. The molecule has 0 unspecified atom stereocenters. The third-order valence-electron chi connectivity index (χ3n) is 10.6. The number of primary sulfonamides is 2. The van der Waals surface area contributed by atoms with Crippen LogP contribution < -0.4 is 42.3 Å². The number of amides is 3. The van der Waals surface area contributed by atoms with Crippen molar-refractivity contribution in [3.05, 3.63) is 130 Å². The Bertz CT molecular complexity index is 3330. The number of thiocarbonyl (C=S) groups is 1. The Morgan fingerprint density at radius 3 is 1.57 bits per heavy atom. The number of rotatable bonds is 25. The maximum absolute atomic E-state index is 12.4. The maximum atomic E-state index is 12.4. The molecule has 1 aliphatic heterocycles. The molecular weight excluding hydrogens is 1090 g/mol. The smallest absolute Gasteiger partial charge is 0.407 e. The number of anilines is 1. The number of alkyl carbamates (subject to hydrolysis) is 1. The number of aromatic carboxylic acids is 1. The largest absolute Gasteiger partial charge is 0.508 e. The van der Waals surface area contributed by atoms with Crippen LogP contribution in [-0.2, 0) is 43.7 Å². The molecule has 3 amide bonds. The third kappa shape index (κ3) is 20.6. The van der Waals surface area contributed by atoms with Crippen LogP contribution in [-0.4, -0.2) is 141 Å². The summed E-state index contributed by atoms with van der Waals surface area (Å²) in [6.45, 7) is 8.99. The summed E-state index contributed by atoms with van der Waals surface area (Å²) in [5, 5.41) is 44.9. The number of nitrogens with two attached hydrogens (primary N) is 2. The van der Waals surface area contributed by atoms with Crippen LogP contribution in [0.25, 0.3) is 33.4 Å². The highest BCUT2D eigenvalue weighted by atomic mass is 32.2. The van der Waals surface area contributed by atoms with Gasteiger partial charge < -0.3 is 64.9 Å². The van der Waals surface area contributed by atoms with Crippen molar-refractivity contribution in [1.82, 2.24) is 21.3 Å². The molecule has 0 saturated heterocycles. The summed E-state index contributed by atoms with van der Waals surface area (Å²) < 4.78 is 77.6. The first-order chi connectivity index (χ1) is 37.4. The van der Waals surface area contributed by atoms with Gasteiger partial charge in [-0.15, -0.1) is 0 Å². The molecule has 0 aromatic heterocycles. The zero-order valence-corrected chi connectivity index (χ0v) is 45.6. The number of nitrogens with one attached hydrogen (secondary N) is 5. The number of ether oxygens (including phenoxy) is 5. The number of carboxylic acid groups (broad SMARTS) is 1. The number of carbonyl (C=O) groups excluding carboxylic acids is 3. The number of phenolic OH excluding ortho intramolecular Hbond substituents is 1. The number of fused-ring (bicyclic) bond motifs is 2. The molecule has 4 aromatic carbocycles. The molecule has 0 radical (unpaired) electrons. The highest BCUT2D eigenvalue weighted by Gasteiger charge is 2.23. The minimum Gasteiger partial charge on any atom is -0.508 e. The van der Waals surface area contributed by atoms with Gasteiger partial charge in [0.2, 0.25) is 20.0 Å². The van der Waals surface area contributed by atoms with Gasteiger partial charge in [-0.25, -0.2) is 36.7 Å². The average Bonchev–Trinajstić information content (AvgIpc) is 3.39. The second kappa shape index (κ2) is 29.4. The van der Waals surface area contributed by atoms with Gasteiger partial charge in [0.15, 0.2) is 10.5 Å². The Morgan fingerprint density at radius 1 is 0.608 bits per heavy atom. The normalized spacial score (nSPS) is 11.5. The topological polar surface area (TPSA) is 366 Å². The molecule has 0 bridgehead atoms. The number of hydrogen-bond donors (Lipinski definition) is 9. The molecule has 0 saturated carbocycles. The van der Waals surface area contributed by atoms with Crippen LogP contribution in [0, 0.1) is 0 Å². The van der Waals surface area contributed by atoms with Gasteiger partial charge >= 0.3 is 12.1 Å². The molecule has 0 spiro atoms. The van der Waals surface area contributed by atoms with Crippen molar-refractivity contribution in [2.24, 2.45) is 10.3 Å². The summed E-state index contributed by atoms with van der Waals surface area (Å²) in [5.41, 5.74) is 1.93. The van der Waals surface area contributed by atoms with Gasteiger partial charge in [-0.05, 0) is 123 Å². The lowest BCUT2D eigenvalue weighted by Crippen LogP contribution is -2.34. The standard InChI is InChI=1S/C34H32N4O10S2.C18H29N3O7S/c35-50(44,45)24-6-1-20(2-7-24)32(41)36-11-13-46-15-16-47-14-12-37-34(49)38-21-3-8-25(28(17-21)33(42)43)31-26-9-4-22(39)18-29(26)48-30-19-23(40)5-10-27(30)31;1-18(2,3)28-17(23)21-9-11-27-13-12-26-10-8-20-16(22)14-4-6-15(7-5-14)29(19,24)25/h1-10,17-19,39H,11-16H2,(H,36,41)(H,42,43)(H2,35,44,45)(H2,37,38,49);4-7H,8-13H2,1-3H3,(H,20,22)(H,21,23)(H2,19,24,25). The molecule has 6 rings (SSSR count). The molecule has 1 heterocycles. The number of carboxylic acids is 1. The van der Waals surface area contributed by atoms with Crippen molar-refractivity contribution >= 4 is 77.9 Å². The molecule has 4 aromatic rings. The molecule has 0 fully saturated rings. The SMILES string of the molecule is CC(C)(C)OC(=O)NCCOCCOCCNC(=O)c1ccc(S(N)(=O)=O)cc1.NS(=O)(=O)c1ccc(C(=O)NCCOCCOCCNC(=S)Nc2ccc(-c3c4ccc(=O)cc-4oc4cc(O)ccc34)c(C(=O)O)c2)cc1. The quantitative estimate of drug-likeness (QED) is 0.0222. The summed E-state index contributed by atoms with van der Waals surface area (Å²) >= 11 is 5.37. The van der Waals surface area contributed by atoms with Gasteiger partial charge in [-0.1, -0.05) is 6.07 Å². The second-order valence-corrected chi connectivity index (χ2v) is 21.3. The van der Waals surface area contributed by atoms with Crippen molar-refractivity contribution < 1.29 is 74.3 Å². The van der Waals surface area contributed by atoms with E-state index in [0.717, 1.165) is 0 Å². The maximum Gasteiger partial charge on any atom is 0.407 e. The van der Waals surface area contributed by atoms with Crippen LogP contribution in [0.4, 0.5) is 10.5 Å². The predicted molar refractivity (Wildman–Crippen MR) is 295 cm³/mol. The van der Waals surface area contributed by atoms with E-state index in [0.29, 0.717) is 86.1 Å². The number of benzene rings is 5.